The maximum Gasteiger partial charge on any atom is 0.255 e. The molecule has 0 aliphatic carbocycles. The van der Waals surface area contributed by atoms with Crippen LogP contribution in [0.25, 0.3) is 0 Å². The molecule has 8 nitrogen and oxygen atoms in total. The summed E-state index contributed by atoms with van der Waals surface area (Å²) in [6.45, 7) is 5.10. The lowest BCUT2D eigenvalue weighted by Gasteiger charge is -2.29. The monoisotopic (exact) mass is 497 g/mol. The Morgan fingerprint density at radius 2 is 2.06 bits per heavy atom. The molecule has 34 heavy (non-hydrogen) atoms. The van der Waals surface area contributed by atoms with Gasteiger partial charge in [-0.05, 0) is 48.6 Å². The van der Waals surface area contributed by atoms with E-state index >= 15 is 0 Å². The number of hydrogen-bond donors (Lipinski definition) is 2. The van der Waals surface area contributed by atoms with Gasteiger partial charge in [0, 0.05) is 22.8 Å². The minimum Gasteiger partial charge on any atom is -0.490 e. The SMILES string of the molecule is CCSc1nc2n(n1)C(c1ccc3c(c1)OCCCO3)C(C(=O)Nc1cccc(Cl)c1)=C(C)N2. The Labute approximate surface area is 206 Å². The Hall–Kier alpha value is -3.17. The van der Waals surface area contributed by atoms with Gasteiger partial charge in [0.25, 0.3) is 5.91 Å². The Bertz CT molecular complexity index is 1280. The fourth-order valence-corrected chi connectivity index (χ4v) is 4.78. The van der Waals surface area contributed by atoms with Gasteiger partial charge in [-0.2, -0.15) is 4.98 Å². The van der Waals surface area contributed by atoms with Gasteiger partial charge in [-0.15, -0.1) is 5.10 Å². The van der Waals surface area contributed by atoms with E-state index in [0.29, 0.717) is 57.8 Å². The molecular formula is C24H24ClN5O3S. The van der Waals surface area contributed by atoms with E-state index in [4.69, 9.17) is 26.2 Å². The Morgan fingerprint density at radius 3 is 2.85 bits per heavy atom. The van der Waals surface area contributed by atoms with Crippen LogP contribution in [0.15, 0.2) is 58.9 Å². The smallest absolute Gasteiger partial charge is 0.255 e. The van der Waals surface area contributed by atoms with Crippen molar-refractivity contribution in [3.8, 4) is 11.5 Å². The minimum absolute atomic E-state index is 0.254. The molecule has 2 aromatic carbocycles. The second-order valence-electron chi connectivity index (χ2n) is 7.88. The molecule has 0 fully saturated rings. The molecule has 1 amide bonds. The van der Waals surface area contributed by atoms with Crippen molar-refractivity contribution < 1.29 is 14.3 Å². The number of carbonyl (C=O) groups excluding carboxylic acids is 1. The zero-order chi connectivity index (χ0) is 23.7. The number of rotatable bonds is 5. The predicted octanol–water partition coefficient (Wildman–Crippen LogP) is 5.13. The van der Waals surface area contributed by atoms with Gasteiger partial charge < -0.3 is 20.1 Å². The summed E-state index contributed by atoms with van der Waals surface area (Å²) in [6, 6.07) is 12.3. The first-order chi connectivity index (χ1) is 16.5. The molecule has 5 rings (SSSR count). The number of aromatic nitrogens is 3. The Kier molecular flexibility index (Phi) is 6.38. The van der Waals surface area contributed by atoms with E-state index in [2.05, 4.69) is 15.6 Å². The molecule has 1 atom stereocenters. The number of anilines is 2. The largest absolute Gasteiger partial charge is 0.490 e. The molecule has 0 saturated heterocycles. The van der Waals surface area contributed by atoms with Gasteiger partial charge in [0.15, 0.2) is 11.5 Å². The summed E-state index contributed by atoms with van der Waals surface area (Å²) in [6.07, 6.45) is 0.814. The van der Waals surface area contributed by atoms with Crippen molar-refractivity contribution in [2.24, 2.45) is 0 Å². The van der Waals surface area contributed by atoms with Crippen LogP contribution in [-0.4, -0.2) is 39.6 Å². The fourth-order valence-electron chi connectivity index (χ4n) is 4.04. The number of nitrogens with zero attached hydrogens (tertiary/aromatic N) is 3. The first-order valence-electron chi connectivity index (χ1n) is 11.1. The molecule has 2 aliphatic heterocycles. The summed E-state index contributed by atoms with van der Waals surface area (Å²) in [5.41, 5.74) is 2.69. The number of hydrogen-bond acceptors (Lipinski definition) is 7. The summed E-state index contributed by atoms with van der Waals surface area (Å²) >= 11 is 7.67. The van der Waals surface area contributed by atoms with Crippen LogP contribution in [-0.2, 0) is 4.79 Å². The zero-order valence-corrected chi connectivity index (χ0v) is 20.4. The molecule has 10 heteroatoms. The zero-order valence-electron chi connectivity index (χ0n) is 18.8. The van der Waals surface area contributed by atoms with Gasteiger partial charge >= 0.3 is 0 Å². The topological polar surface area (TPSA) is 90.3 Å². The normalized spacial score (nSPS) is 17.0. The molecule has 2 N–H and O–H groups in total. The van der Waals surface area contributed by atoms with Gasteiger partial charge in [0.1, 0.15) is 6.04 Å². The Morgan fingerprint density at radius 1 is 1.24 bits per heavy atom. The summed E-state index contributed by atoms with van der Waals surface area (Å²) in [4.78, 5) is 18.2. The van der Waals surface area contributed by atoms with Crippen LogP contribution in [0.5, 0.6) is 11.5 Å². The van der Waals surface area contributed by atoms with E-state index < -0.39 is 6.04 Å². The van der Waals surface area contributed by atoms with Gasteiger partial charge in [-0.3, -0.25) is 4.79 Å². The predicted molar refractivity (Wildman–Crippen MR) is 133 cm³/mol. The molecule has 3 heterocycles. The van der Waals surface area contributed by atoms with Gasteiger partial charge in [0.05, 0.1) is 18.8 Å². The van der Waals surface area contributed by atoms with E-state index in [0.717, 1.165) is 17.7 Å². The number of amides is 1. The maximum absolute atomic E-state index is 13.6. The quantitative estimate of drug-likeness (QED) is 0.472. The van der Waals surface area contributed by atoms with E-state index in [1.807, 2.05) is 32.0 Å². The summed E-state index contributed by atoms with van der Waals surface area (Å²) in [7, 11) is 0. The van der Waals surface area contributed by atoms with Crippen molar-refractivity contribution in [2.75, 3.05) is 29.6 Å². The number of carbonyl (C=O) groups is 1. The highest BCUT2D eigenvalue weighted by Gasteiger charge is 2.35. The molecule has 3 aromatic rings. The van der Waals surface area contributed by atoms with Crippen molar-refractivity contribution in [1.82, 2.24) is 14.8 Å². The number of benzene rings is 2. The van der Waals surface area contributed by atoms with E-state index in [1.165, 1.54) is 0 Å². The van der Waals surface area contributed by atoms with Crippen LogP contribution < -0.4 is 20.1 Å². The molecular weight excluding hydrogens is 474 g/mol. The fraction of sp³-hybridized carbons (Fsp3) is 0.292. The van der Waals surface area contributed by atoms with Crippen LogP contribution in [0.2, 0.25) is 5.02 Å². The van der Waals surface area contributed by atoms with Gasteiger partial charge in [-0.25, -0.2) is 4.68 Å². The van der Waals surface area contributed by atoms with E-state index in [-0.39, 0.29) is 5.91 Å². The molecule has 0 spiro atoms. The highest BCUT2D eigenvalue weighted by atomic mass is 35.5. The second kappa shape index (κ2) is 9.60. The summed E-state index contributed by atoms with van der Waals surface area (Å²) in [5, 5.41) is 12.1. The highest BCUT2D eigenvalue weighted by molar-refractivity contribution is 7.99. The molecule has 1 aromatic heterocycles. The average molecular weight is 498 g/mol. The first-order valence-corrected chi connectivity index (χ1v) is 12.4. The lowest BCUT2D eigenvalue weighted by Crippen LogP contribution is -2.31. The third-order valence-electron chi connectivity index (χ3n) is 5.52. The molecule has 176 valence electrons. The number of ether oxygens (including phenoxy) is 2. The highest BCUT2D eigenvalue weighted by Crippen LogP contribution is 2.40. The third kappa shape index (κ3) is 4.45. The second-order valence-corrected chi connectivity index (χ2v) is 9.55. The van der Waals surface area contributed by atoms with Crippen molar-refractivity contribution in [1.29, 1.82) is 0 Å². The number of nitrogens with one attached hydrogen (secondary N) is 2. The van der Waals surface area contributed by atoms with Crippen LogP contribution in [0.3, 0.4) is 0 Å². The summed E-state index contributed by atoms with van der Waals surface area (Å²) in [5.74, 6) is 2.53. The average Bonchev–Trinajstić information content (AvgIpc) is 3.05. The minimum atomic E-state index is -0.508. The van der Waals surface area contributed by atoms with Crippen LogP contribution in [0, 0.1) is 0 Å². The van der Waals surface area contributed by atoms with Crippen LogP contribution >= 0.6 is 23.4 Å². The standard InChI is InChI=1S/C24H24ClN5O3S/c1-3-34-24-28-23-26-14(2)20(22(31)27-17-7-4-6-16(25)13-17)21(30(23)29-24)15-8-9-18-19(12-15)33-11-5-10-32-18/h4,6-9,12-13,21H,3,5,10-11H2,1-2H3,(H,27,31)(H,26,28,29). The maximum atomic E-state index is 13.6. The molecule has 0 radical (unpaired) electrons. The van der Waals surface area contributed by atoms with E-state index in [9.17, 15) is 4.79 Å². The third-order valence-corrected chi connectivity index (χ3v) is 6.48. The van der Waals surface area contributed by atoms with Crippen molar-refractivity contribution in [3.63, 3.8) is 0 Å². The van der Waals surface area contributed by atoms with Crippen LogP contribution in [0.1, 0.15) is 31.9 Å². The molecule has 0 saturated carbocycles. The van der Waals surface area contributed by atoms with Crippen LogP contribution in [0.4, 0.5) is 11.6 Å². The molecule has 2 aliphatic rings. The number of fused-ring (bicyclic) bond motifs is 2. The lowest BCUT2D eigenvalue weighted by molar-refractivity contribution is -0.113. The van der Waals surface area contributed by atoms with Crippen molar-refractivity contribution in [3.05, 3.63) is 64.3 Å². The lowest BCUT2D eigenvalue weighted by atomic mass is 9.94. The Balaban J connectivity index is 1.58. The molecule has 1 unspecified atom stereocenters. The van der Waals surface area contributed by atoms with Crippen molar-refractivity contribution in [2.45, 2.75) is 31.5 Å². The summed E-state index contributed by atoms with van der Waals surface area (Å²) < 4.78 is 13.5. The number of thioether (sulfide) groups is 1. The number of allylic oxidation sites excluding steroid dienone is 1. The van der Waals surface area contributed by atoms with Crippen molar-refractivity contribution >= 4 is 40.9 Å². The van der Waals surface area contributed by atoms with E-state index in [1.54, 1.807) is 40.7 Å². The molecule has 0 bridgehead atoms. The number of halogens is 1. The first kappa shape index (κ1) is 22.6. The van der Waals surface area contributed by atoms with Gasteiger partial charge in [-0.1, -0.05) is 42.4 Å². The van der Waals surface area contributed by atoms with Gasteiger partial charge in [0.2, 0.25) is 11.1 Å².